The fraction of sp³-hybridized carbons (Fsp3) is 0.667. The SMILES string of the molecule is C=C(C)C(C)CSSSSCC(C)=C(C)C. The Hall–Kier alpha value is 0.880. The maximum absolute atomic E-state index is 3.97. The molecule has 0 radical (unpaired) electrons. The summed E-state index contributed by atoms with van der Waals surface area (Å²) in [4.78, 5) is 0. The fourth-order valence-electron chi connectivity index (χ4n) is 0.568. The first-order valence-corrected chi connectivity index (χ1v) is 10.5. The van der Waals surface area contributed by atoms with Crippen LogP contribution in [0.15, 0.2) is 23.3 Å². The third-order valence-electron chi connectivity index (χ3n) is 2.41. The average Bonchev–Trinajstić information content (AvgIpc) is 2.21. The van der Waals surface area contributed by atoms with E-state index >= 15 is 0 Å². The lowest BCUT2D eigenvalue weighted by Gasteiger charge is -2.09. The number of allylic oxidation sites excluding steroid dienone is 2. The van der Waals surface area contributed by atoms with Crippen molar-refractivity contribution >= 4 is 41.2 Å². The Balaban J connectivity index is 3.42. The highest BCUT2D eigenvalue weighted by Gasteiger charge is 2.03. The van der Waals surface area contributed by atoms with Crippen molar-refractivity contribution < 1.29 is 0 Å². The monoisotopic (exact) mass is 294 g/mol. The van der Waals surface area contributed by atoms with E-state index in [1.807, 2.05) is 41.2 Å². The van der Waals surface area contributed by atoms with Crippen LogP contribution in [0.1, 0.15) is 34.6 Å². The van der Waals surface area contributed by atoms with Crippen LogP contribution >= 0.6 is 41.2 Å². The zero-order valence-corrected chi connectivity index (χ0v) is 14.1. The zero-order valence-electron chi connectivity index (χ0n) is 10.8. The lowest BCUT2D eigenvalue weighted by Crippen LogP contribution is -1.96. The van der Waals surface area contributed by atoms with Gasteiger partial charge < -0.3 is 0 Å². The van der Waals surface area contributed by atoms with E-state index < -0.39 is 0 Å². The second kappa shape index (κ2) is 9.86. The van der Waals surface area contributed by atoms with Gasteiger partial charge in [-0.3, -0.25) is 0 Å². The third kappa shape index (κ3) is 8.97. The molecule has 94 valence electrons. The number of hydrogen-bond donors (Lipinski definition) is 0. The van der Waals surface area contributed by atoms with Crippen LogP contribution in [-0.2, 0) is 0 Å². The molecule has 0 aliphatic carbocycles. The second-order valence-electron chi connectivity index (χ2n) is 4.21. The first kappa shape index (κ1) is 16.9. The molecule has 16 heavy (non-hydrogen) atoms. The predicted octanol–water partition coefficient (Wildman–Crippen LogP) is 6.23. The van der Waals surface area contributed by atoms with E-state index in [4.69, 9.17) is 0 Å². The van der Waals surface area contributed by atoms with Gasteiger partial charge in [0.2, 0.25) is 0 Å². The van der Waals surface area contributed by atoms with Gasteiger partial charge >= 0.3 is 0 Å². The van der Waals surface area contributed by atoms with E-state index in [2.05, 4.69) is 41.2 Å². The van der Waals surface area contributed by atoms with E-state index in [0.29, 0.717) is 5.92 Å². The van der Waals surface area contributed by atoms with Gasteiger partial charge in [0.1, 0.15) is 0 Å². The molecule has 0 nitrogen and oxygen atoms in total. The molecule has 4 heteroatoms. The van der Waals surface area contributed by atoms with Crippen LogP contribution in [0.25, 0.3) is 0 Å². The topological polar surface area (TPSA) is 0 Å². The maximum Gasteiger partial charge on any atom is 0.0255 e. The molecular formula is C12H22S4. The summed E-state index contributed by atoms with van der Waals surface area (Å²) in [5.41, 5.74) is 4.23. The Bertz CT molecular complexity index is 241. The van der Waals surface area contributed by atoms with Crippen molar-refractivity contribution in [2.75, 3.05) is 11.5 Å². The normalized spacial score (nSPS) is 12.3. The highest BCUT2D eigenvalue weighted by molar-refractivity contribution is 9.26. The van der Waals surface area contributed by atoms with Gasteiger partial charge in [0.15, 0.2) is 0 Å². The first-order valence-electron chi connectivity index (χ1n) is 5.31. The standard InChI is InChI=1S/C12H22S4/c1-9(2)11(5)7-13-15-16-14-8-12(6)10(3)4/h11H,1,7-8H2,2-6H3. The molecule has 0 N–H and O–H groups in total. The highest BCUT2D eigenvalue weighted by atomic mass is 33.7. The largest absolute Gasteiger partial charge is 0.0998 e. The molecule has 1 unspecified atom stereocenters. The second-order valence-corrected chi connectivity index (χ2v) is 10.3. The van der Waals surface area contributed by atoms with Gasteiger partial charge in [0.25, 0.3) is 0 Å². The molecule has 1 atom stereocenters. The minimum absolute atomic E-state index is 0.627. The van der Waals surface area contributed by atoms with Crippen molar-refractivity contribution in [2.24, 2.45) is 5.92 Å². The molecule has 0 aromatic rings. The van der Waals surface area contributed by atoms with Crippen LogP contribution in [-0.4, -0.2) is 11.5 Å². The zero-order chi connectivity index (χ0) is 12.6. The van der Waals surface area contributed by atoms with E-state index in [1.54, 1.807) is 0 Å². The van der Waals surface area contributed by atoms with Crippen molar-refractivity contribution in [3.8, 4) is 0 Å². The summed E-state index contributed by atoms with van der Waals surface area (Å²) in [7, 11) is 7.63. The smallest absolute Gasteiger partial charge is 0.0255 e. The molecule has 0 fully saturated rings. The molecule has 0 saturated carbocycles. The van der Waals surface area contributed by atoms with Crippen LogP contribution in [0.2, 0.25) is 0 Å². The molecule has 0 bridgehead atoms. The van der Waals surface area contributed by atoms with Crippen molar-refractivity contribution in [1.29, 1.82) is 0 Å². The van der Waals surface area contributed by atoms with E-state index in [9.17, 15) is 0 Å². The van der Waals surface area contributed by atoms with Crippen LogP contribution in [0, 0.1) is 5.92 Å². The summed E-state index contributed by atoms with van der Waals surface area (Å²) in [6.45, 7) is 14.9. The van der Waals surface area contributed by atoms with Gasteiger partial charge in [0, 0.05) is 11.5 Å². The minimum atomic E-state index is 0.627. The average molecular weight is 295 g/mol. The van der Waals surface area contributed by atoms with Crippen LogP contribution in [0.4, 0.5) is 0 Å². The molecule has 0 aliphatic heterocycles. The third-order valence-corrected chi connectivity index (χ3v) is 9.09. The molecular weight excluding hydrogens is 272 g/mol. The molecule has 0 aromatic carbocycles. The maximum atomic E-state index is 3.97. The lowest BCUT2D eigenvalue weighted by molar-refractivity contribution is 0.789. The Morgan fingerprint density at radius 3 is 2.12 bits per heavy atom. The Labute approximate surface area is 116 Å². The summed E-state index contributed by atoms with van der Waals surface area (Å²) in [5, 5.41) is 0. The van der Waals surface area contributed by atoms with Gasteiger partial charge in [-0.2, -0.15) is 0 Å². The van der Waals surface area contributed by atoms with Crippen molar-refractivity contribution in [2.45, 2.75) is 34.6 Å². The molecule has 0 spiro atoms. The predicted molar refractivity (Wildman–Crippen MR) is 88.1 cm³/mol. The van der Waals surface area contributed by atoms with Crippen molar-refractivity contribution in [3.05, 3.63) is 23.3 Å². The molecule has 0 heterocycles. The Morgan fingerprint density at radius 1 is 1.06 bits per heavy atom. The van der Waals surface area contributed by atoms with E-state index in [1.165, 1.54) is 16.7 Å². The Kier molecular flexibility index (Phi) is 10.4. The van der Waals surface area contributed by atoms with Crippen LogP contribution in [0.3, 0.4) is 0 Å². The van der Waals surface area contributed by atoms with Gasteiger partial charge in [-0.1, -0.05) is 51.8 Å². The number of rotatable bonds is 8. The summed E-state index contributed by atoms with van der Waals surface area (Å²) in [6.07, 6.45) is 0. The van der Waals surface area contributed by atoms with Gasteiger partial charge in [-0.15, -0.1) is 0 Å². The molecule has 0 amide bonds. The van der Waals surface area contributed by atoms with E-state index in [-0.39, 0.29) is 0 Å². The summed E-state index contributed by atoms with van der Waals surface area (Å²) >= 11 is 0. The highest BCUT2D eigenvalue weighted by Crippen LogP contribution is 2.44. The van der Waals surface area contributed by atoms with Crippen molar-refractivity contribution in [1.82, 2.24) is 0 Å². The first-order chi connectivity index (χ1) is 7.45. The fourth-order valence-corrected chi connectivity index (χ4v) is 7.16. The van der Waals surface area contributed by atoms with E-state index in [0.717, 1.165) is 11.5 Å². The molecule has 0 saturated heterocycles. The van der Waals surface area contributed by atoms with Crippen molar-refractivity contribution in [3.63, 3.8) is 0 Å². The summed E-state index contributed by atoms with van der Waals surface area (Å²) in [5.74, 6) is 2.92. The van der Waals surface area contributed by atoms with Crippen LogP contribution in [0.5, 0.6) is 0 Å². The summed E-state index contributed by atoms with van der Waals surface area (Å²) < 4.78 is 0. The van der Waals surface area contributed by atoms with Gasteiger partial charge in [-0.05, 0) is 53.3 Å². The van der Waals surface area contributed by atoms with Crippen LogP contribution < -0.4 is 0 Å². The lowest BCUT2D eigenvalue weighted by atomic mass is 10.1. The summed E-state index contributed by atoms with van der Waals surface area (Å²) in [6, 6.07) is 0. The molecule has 0 rings (SSSR count). The number of hydrogen-bond acceptors (Lipinski definition) is 4. The quantitative estimate of drug-likeness (QED) is 0.295. The van der Waals surface area contributed by atoms with Gasteiger partial charge in [-0.25, -0.2) is 0 Å². The molecule has 0 aliphatic rings. The Morgan fingerprint density at radius 2 is 1.62 bits per heavy atom. The molecule has 0 aromatic heterocycles. The van der Waals surface area contributed by atoms with Gasteiger partial charge in [0.05, 0.1) is 0 Å². The minimum Gasteiger partial charge on any atom is -0.0998 e.